The molecule has 3 rings (SSSR count). The van der Waals surface area contributed by atoms with Gasteiger partial charge in [-0.25, -0.2) is 13.1 Å². The predicted octanol–water partition coefficient (Wildman–Crippen LogP) is 2.61. The number of H-pyrrole nitrogens is 1. The van der Waals surface area contributed by atoms with Gasteiger partial charge < -0.3 is 10.7 Å². The molecule has 0 saturated heterocycles. The van der Waals surface area contributed by atoms with Crippen LogP contribution < -0.4 is 10.5 Å². The van der Waals surface area contributed by atoms with Gasteiger partial charge in [0.1, 0.15) is 4.90 Å². The van der Waals surface area contributed by atoms with Crippen LogP contribution in [0.4, 0.5) is 5.69 Å². The number of fused-ring (bicyclic) bond motifs is 1. The van der Waals surface area contributed by atoms with Crippen molar-refractivity contribution in [2.24, 2.45) is 5.41 Å². The molecule has 1 aromatic heterocycles. The summed E-state index contributed by atoms with van der Waals surface area (Å²) in [6.45, 7) is 2.64. The quantitative estimate of drug-likeness (QED) is 0.742. The van der Waals surface area contributed by atoms with E-state index in [1.807, 2.05) is 0 Å². The number of nitrogens with one attached hydrogen (secondary N) is 2. The smallest absolute Gasteiger partial charge is 0.242 e. The second-order valence-electron chi connectivity index (χ2n) is 5.99. The number of hydrogen-bond donors (Lipinski definition) is 3. The molecular weight excluding hydrogens is 286 g/mol. The molecule has 1 aromatic carbocycles. The highest BCUT2D eigenvalue weighted by atomic mass is 32.2. The van der Waals surface area contributed by atoms with E-state index in [4.69, 9.17) is 5.73 Å². The maximum absolute atomic E-state index is 12.5. The van der Waals surface area contributed by atoms with E-state index in [2.05, 4.69) is 16.6 Å². The van der Waals surface area contributed by atoms with Crippen molar-refractivity contribution in [3.05, 3.63) is 24.4 Å². The number of nitrogen functional groups attached to an aromatic ring is 1. The Hall–Kier alpha value is -1.53. The minimum atomic E-state index is -3.52. The largest absolute Gasteiger partial charge is 0.399 e. The molecule has 4 N–H and O–H groups in total. The van der Waals surface area contributed by atoms with E-state index in [9.17, 15) is 8.42 Å². The lowest BCUT2D eigenvalue weighted by Crippen LogP contribution is -2.41. The van der Waals surface area contributed by atoms with Gasteiger partial charge in [0.2, 0.25) is 10.0 Å². The number of aromatic amines is 1. The summed E-state index contributed by atoms with van der Waals surface area (Å²) < 4.78 is 27.9. The van der Waals surface area contributed by atoms with Gasteiger partial charge in [-0.3, -0.25) is 0 Å². The van der Waals surface area contributed by atoms with Gasteiger partial charge in [0.25, 0.3) is 0 Å². The molecule has 0 unspecified atom stereocenters. The molecule has 6 heteroatoms. The summed E-state index contributed by atoms with van der Waals surface area (Å²) in [6, 6.07) is 5.24. The minimum absolute atomic E-state index is 0.151. The third-order valence-electron chi connectivity index (χ3n) is 4.76. The zero-order chi connectivity index (χ0) is 15.1. The van der Waals surface area contributed by atoms with Crippen LogP contribution in [0, 0.1) is 5.41 Å². The van der Waals surface area contributed by atoms with E-state index >= 15 is 0 Å². The molecule has 21 heavy (non-hydrogen) atoms. The molecule has 0 radical (unpaired) electrons. The van der Waals surface area contributed by atoms with Crippen molar-refractivity contribution >= 4 is 26.6 Å². The first kappa shape index (κ1) is 14.4. The molecule has 1 fully saturated rings. The van der Waals surface area contributed by atoms with Gasteiger partial charge in [0.05, 0.1) is 0 Å². The molecule has 0 bridgehead atoms. The molecule has 2 aromatic rings. The fourth-order valence-corrected chi connectivity index (χ4v) is 4.32. The molecule has 0 aliphatic heterocycles. The summed E-state index contributed by atoms with van der Waals surface area (Å²) in [4.78, 5) is 3.26. The maximum Gasteiger partial charge on any atom is 0.242 e. The maximum atomic E-state index is 12.5. The standard InChI is InChI=1S/C15H21N3O2S/c1-2-15(6-3-7-15)10-18-21(19,20)14-9-17-13-5-4-11(16)8-12(13)14/h4-5,8-9,17-18H,2-3,6-7,10,16H2,1H3. The summed E-state index contributed by atoms with van der Waals surface area (Å²) in [7, 11) is -3.52. The van der Waals surface area contributed by atoms with Gasteiger partial charge in [0, 0.05) is 29.3 Å². The third-order valence-corrected chi connectivity index (χ3v) is 6.20. The number of sulfonamides is 1. The summed E-state index contributed by atoms with van der Waals surface area (Å²) in [5.74, 6) is 0. The van der Waals surface area contributed by atoms with Gasteiger partial charge >= 0.3 is 0 Å². The fourth-order valence-electron chi connectivity index (χ4n) is 2.99. The average Bonchev–Trinajstić information content (AvgIpc) is 2.81. The lowest BCUT2D eigenvalue weighted by Gasteiger charge is -2.41. The second-order valence-corrected chi connectivity index (χ2v) is 7.72. The van der Waals surface area contributed by atoms with Gasteiger partial charge in [-0.05, 0) is 42.9 Å². The second kappa shape index (κ2) is 5.03. The summed E-state index contributed by atoms with van der Waals surface area (Å²) in [5.41, 5.74) is 7.25. The third kappa shape index (κ3) is 2.53. The van der Waals surface area contributed by atoms with E-state index in [1.54, 1.807) is 18.2 Å². The Labute approximate surface area is 125 Å². The SMILES string of the molecule is CCC1(CNS(=O)(=O)c2c[nH]c3ccc(N)cc23)CCC1. The van der Waals surface area contributed by atoms with Crippen LogP contribution in [0.5, 0.6) is 0 Å². The van der Waals surface area contributed by atoms with Crippen LogP contribution in [0.3, 0.4) is 0 Å². The van der Waals surface area contributed by atoms with Gasteiger partial charge in [-0.1, -0.05) is 13.3 Å². The molecule has 5 nitrogen and oxygen atoms in total. The monoisotopic (exact) mass is 307 g/mol. The van der Waals surface area contributed by atoms with Crippen molar-refractivity contribution in [3.63, 3.8) is 0 Å². The molecule has 0 spiro atoms. The Balaban J connectivity index is 1.88. The molecule has 1 heterocycles. The van der Waals surface area contributed by atoms with Crippen LogP contribution in [-0.2, 0) is 10.0 Å². The van der Waals surface area contributed by atoms with E-state index in [1.165, 1.54) is 12.6 Å². The van der Waals surface area contributed by atoms with Crippen molar-refractivity contribution < 1.29 is 8.42 Å². The molecule has 0 atom stereocenters. The van der Waals surface area contributed by atoms with Crippen LogP contribution >= 0.6 is 0 Å². The highest BCUT2D eigenvalue weighted by Gasteiger charge is 2.36. The Kier molecular flexibility index (Phi) is 3.45. The van der Waals surface area contributed by atoms with Gasteiger partial charge in [-0.2, -0.15) is 0 Å². The van der Waals surface area contributed by atoms with Gasteiger partial charge in [-0.15, -0.1) is 0 Å². The van der Waals surface area contributed by atoms with Crippen molar-refractivity contribution in [2.45, 2.75) is 37.5 Å². The number of benzene rings is 1. The molecule has 114 valence electrons. The number of rotatable bonds is 5. The summed E-state index contributed by atoms with van der Waals surface area (Å²) >= 11 is 0. The summed E-state index contributed by atoms with van der Waals surface area (Å²) in [5, 5.41) is 0.640. The lowest BCUT2D eigenvalue weighted by atomic mass is 9.67. The van der Waals surface area contributed by atoms with E-state index in [0.717, 1.165) is 24.8 Å². The molecule has 1 aliphatic carbocycles. The van der Waals surface area contributed by atoms with Crippen LogP contribution in [0.25, 0.3) is 10.9 Å². The van der Waals surface area contributed by atoms with E-state index in [-0.39, 0.29) is 10.3 Å². The van der Waals surface area contributed by atoms with Crippen LogP contribution in [-0.4, -0.2) is 19.9 Å². The zero-order valence-electron chi connectivity index (χ0n) is 12.1. The van der Waals surface area contributed by atoms with Crippen molar-refractivity contribution in [3.8, 4) is 0 Å². The van der Waals surface area contributed by atoms with E-state index < -0.39 is 10.0 Å². The Bertz CT molecular complexity index is 755. The number of anilines is 1. The number of nitrogens with two attached hydrogens (primary N) is 1. The minimum Gasteiger partial charge on any atom is -0.399 e. The zero-order valence-corrected chi connectivity index (χ0v) is 13.0. The number of aromatic nitrogens is 1. The molecule has 0 amide bonds. The highest BCUT2D eigenvalue weighted by molar-refractivity contribution is 7.89. The normalized spacial score (nSPS) is 17.8. The van der Waals surface area contributed by atoms with Crippen molar-refractivity contribution in [1.29, 1.82) is 0 Å². The first-order valence-corrected chi connectivity index (χ1v) is 8.80. The van der Waals surface area contributed by atoms with Crippen molar-refractivity contribution in [1.82, 2.24) is 9.71 Å². The fraction of sp³-hybridized carbons (Fsp3) is 0.467. The van der Waals surface area contributed by atoms with Gasteiger partial charge in [0.15, 0.2) is 0 Å². The summed E-state index contributed by atoms with van der Waals surface area (Å²) in [6.07, 6.45) is 5.95. The first-order valence-electron chi connectivity index (χ1n) is 7.32. The Morgan fingerprint density at radius 3 is 2.76 bits per heavy atom. The van der Waals surface area contributed by atoms with Crippen LogP contribution in [0.1, 0.15) is 32.6 Å². The van der Waals surface area contributed by atoms with Crippen molar-refractivity contribution in [2.75, 3.05) is 12.3 Å². The van der Waals surface area contributed by atoms with E-state index in [0.29, 0.717) is 17.6 Å². The predicted molar refractivity (Wildman–Crippen MR) is 84.5 cm³/mol. The van der Waals surface area contributed by atoms with Crippen LogP contribution in [0.2, 0.25) is 0 Å². The molecular formula is C15H21N3O2S. The molecule has 1 aliphatic rings. The average molecular weight is 307 g/mol. The lowest BCUT2D eigenvalue weighted by molar-refractivity contribution is 0.133. The Morgan fingerprint density at radius 2 is 2.14 bits per heavy atom. The number of hydrogen-bond acceptors (Lipinski definition) is 3. The topological polar surface area (TPSA) is 88.0 Å². The first-order chi connectivity index (χ1) is 9.96. The van der Waals surface area contributed by atoms with Crippen LogP contribution in [0.15, 0.2) is 29.3 Å². The Morgan fingerprint density at radius 1 is 1.38 bits per heavy atom. The highest BCUT2D eigenvalue weighted by Crippen LogP contribution is 2.43. The molecule has 1 saturated carbocycles.